The Labute approximate surface area is 223 Å². The molecule has 0 bridgehead atoms. The maximum absolute atomic E-state index is 13.5. The molecule has 3 aromatic heterocycles. The van der Waals surface area contributed by atoms with E-state index < -0.39 is 6.09 Å². The summed E-state index contributed by atoms with van der Waals surface area (Å²) < 4.78 is 9.43. The Morgan fingerprint density at radius 1 is 1.08 bits per heavy atom. The average molecular weight is 524 g/mol. The van der Waals surface area contributed by atoms with Crippen LogP contribution in [0.1, 0.15) is 35.4 Å². The van der Waals surface area contributed by atoms with Gasteiger partial charge in [0.05, 0.1) is 5.69 Å². The highest BCUT2D eigenvalue weighted by Crippen LogP contribution is 2.36. The molecule has 1 aliphatic rings. The summed E-state index contributed by atoms with van der Waals surface area (Å²) in [4.78, 5) is 30.6. The summed E-state index contributed by atoms with van der Waals surface area (Å²) in [6.07, 6.45) is 1.89. The average Bonchev–Trinajstić information content (AvgIpc) is 3.68. The van der Waals surface area contributed by atoms with E-state index in [0.717, 1.165) is 38.5 Å². The van der Waals surface area contributed by atoms with Crippen molar-refractivity contribution in [1.82, 2.24) is 29.8 Å². The lowest BCUT2D eigenvalue weighted by Crippen LogP contribution is -2.23. The van der Waals surface area contributed by atoms with Crippen molar-refractivity contribution < 1.29 is 14.3 Å². The Kier molecular flexibility index (Phi) is 5.82. The molecule has 0 radical (unpaired) electrons. The summed E-state index contributed by atoms with van der Waals surface area (Å²) in [5.41, 5.74) is 6.33. The predicted octanol–water partition coefficient (Wildman–Crippen LogP) is 4.41. The molecule has 0 spiro atoms. The van der Waals surface area contributed by atoms with Crippen molar-refractivity contribution >= 4 is 11.8 Å². The molecule has 1 amide bonds. The summed E-state index contributed by atoms with van der Waals surface area (Å²) >= 11 is 0. The number of carbonyl (C=O) groups is 1. The fourth-order valence-electron chi connectivity index (χ4n) is 5.12. The minimum Gasteiger partial charge on any atom is -0.465 e. The van der Waals surface area contributed by atoms with Gasteiger partial charge < -0.3 is 14.1 Å². The molecule has 5 aromatic rings. The van der Waals surface area contributed by atoms with Gasteiger partial charge >= 0.3 is 6.09 Å². The largest absolute Gasteiger partial charge is 0.465 e. The van der Waals surface area contributed by atoms with Crippen LogP contribution in [0.5, 0.6) is 0 Å². The van der Waals surface area contributed by atoms with E-state index in [0.29, 0.717) is 35.9 Å². The molecule has 1 atom stereocenters. The summed E-state index contributed by atoms with van der Waals surface area (Å²) in [5, 5.41) is 20.7. The summed E-state index contributed by atoms with van der Waals surface area (Å²) in [6, 6.07) is 16.4. The first-order valence-electron chi connectivity index (χ1n) is 12.4. The summed E-state index contributed by atoms with van der Waals surface area (Å²) in [7, 11) is 1.49. The van der Waals surface area contributed by atoms with Gasteiger partial charge in [0.15, 0.2) is 0 Å². The quantitative estimate of drug-likeness (QED) is 0.358. The van der Waals surface area contributed by atoms with Crippen molar-refractivity contribution in [1.29, 1.82) is 0 Å². The normalized spacial score (nSPS) is 14.4. The number of rotatable bonds is 5. The Bertz CT molecular complexity index is 1750. The van der Waals surface area contributed by atoms with Crippen molar-refractivity contribution in [2.75, 3.05) is 11.9 Å². The minimum absolute atomic E-state index is 0.132. The van der Waals surface area contributed by atoms with E-state index in [1.54, 1.807) is 27.4 Å². The van der Waals surface area contributed by atoms with Gasteiger partial charge in [0.1, 0.15) is 23.8 Å². The van der Waals surface area contributed by atoms with Gasteiger partial charge in [0, 0.05) is 35.6 Å². The number of aryl methyl sites for hydroxylation is 3. The number of hydrogen-bond donors (Lipinski definition) is 1. The van der Waals surface area contributed by atoms with Crippen LogP contribution in [0, 0.1) is 13.8 Å². The monoisotopic (exact) mass is 523 g/mol. The number of anilines is 1. The number of carboxylic acid groups (broad SMARTS) is 1. The maximum Gasteiger partial charge on any atom is 0.411 e. The van der Waals surface area contributed by atoms with Gasteiger partial charge in [0.25, 0.3) is 5.56 Å². The first kappa shape index (κ1) is 24.3. The van der Waals surface area contributed by atoms with Gasteiger partial charge in [-0.25, -0.2) is 9.78 Å². The number of benzene rings is 2. The number of fused-ring (bicyclic) bond motifs is 1. The van der Waals surface area contributed by atoms with Crippen LogP contribution in [0.15, 0.2) is 70.1 Å². The van der Waals surface area contributed by atoms with E-state index in [1.807, 2.05) is 50.2 Å². The highest BCUT2D eigenvalue weighted by atomic mass is 16.4. The third-order valence-corrected chi connectivity index (χ3v) is 7.11. The molecule has 0 fully saturated rings. The first-order chi connectivity index (χ1) is 18.8. The van der Waals surface area contributed by atoms with Crippen molar-refractivity contribution in [3.8, 4) is 28.1 Å². The van der Waals surface area contributed by atoms with E-state index in [4.69, 9.17) is 9.40 Å². The van der Waals surface area contributed by atoms with Crippen LogP contribution >= 0.6 is 0 Å². The van der Waals surface area contributed by atoms with Crippen LogP contribution in [-0.2, 0) is 6.42 Å². The van der Waals surface area contributed by atoms with Crippen molar-refractivity contribution in [2.45, 2.75) is 32.7 Å². The molecule has 39 heavy (non-hydrogen) atoms. The van der Waals surface area contributed by atoms with E-state index in [-0.39, 0.29) is 11.6 Å². The number of amides is 1. The zero-order valence-corrected chi connectivity index (χ0v) is 21.6. The zero-order valence-electron chi connectivity index (χ0n) is 21.6. The van der Waals surface area contributed by atoms with E-state index >= 15 is 0 Å². The standard InChI is InChI=1S/C28H25N7O4/c1-16-4-10-23(34-15-29-31-32-34)22(12-16)19-13-21-9-11-24(35(21)25(36)14-19)27-30-26(17(2)39-27)18-5-7-20(8-6-18)33(3)28(37)38/h4-8,10,12-15,24H,9,11H2,1-3H3,(H,37,38)/t24-/m0/s1. The number of nitrogens with zero attached hydrogens (tertiary/aromatic N) is 7. The molecule has 0 aliphatic carbocycles. The molecule has 196 valence electrons. The molecule has 0 saturated heterocycles. The zero-order chi connectivity index (χ0) is 27.3. The van der Waals surface area contributed by atoms with E-state index in [1.165, 1.54) is 13.4 Å². The Hall–Kier alpha value is -5.06. The van der Waals surface area contributed by atoms with Gasteiger partial charge in [-0.2, -0.15) is 4.68 Å². The molecule has 2 aromatic carbocycles. The lowest BCUT2D eigenvalue weighted by molar-refractivity contribution is 0.203. The molecule has 6 rings (SSSR count). The number of tetrazole rings is 1. The molecule has 1 N–H and O–H groups in total. The van der Waals surface area contributed by atoms with E-state index in [9.17, 15) is 14.7 Å². The topological polar surface area (TPSA) is 132 Å². The molecule has 0 unspecified atom stereocenters. The SMILES string of the molecule is Cc1ccc(-n2cnnn2)c(-c2cc3n(c(=O)c2)[C@H](c2nc(-c4ccc(N(C)C(=O)O)cc4)c(C)o2)CC3)c1. The van der Waals surface area contributed by atoms with Crippen molar-refractivity contribution in [3.63, 3.8) is 0 Å². The van der Waals surface area contributed by atoms with Crippen molar-refractivity contribution in [3.05, 3.63) is 94.2 Å². The third-order valence-electron chi connectivity index (χ3n) is 7.11. The molecule has 4 heterocycles. The lowest BCUT2D eigenvalue weighted by Gasteiger charge is -2.14. The molecular weight excluding hydrogens is 498 g/mol. The second-order valence-electron chi connectivity index (χ2n) is 9.62. The van der Waals surface area contributed by atoms with Crippen LogP contribution in [0.25, 0.3) is 28.1 Å². The summed E-state index contributed by atoms with van der Waals surface area (Å²) in [6.45, 7) is 3.84. The van der Waals surface area contributed by atoms with Gasteiger partial charge in [-0.1, -0.05) is 23.8 Å². The third kappa shape index (κ3) is 4.27. The predicted molar refractivity (Wildman–Crippen MR) is 143 cm³/mol. The first-order valence-corrected chi connectivity index (χ1v) is 12.4. The van der Waals surface area contributed by atoms with Crippen LogP contribution in [0.4, 0.5) is 10.5 Å². The van der Waals surface area contributed by atoms with Crippen LogP contribution < -0.4 is 10.5 Å². The van der Waals surface area contributed by atoms with Gasteiger partial charge in [-0.15, -0.1) is 5.10 Å². The number of hydrogen-bond acceptors (Lipinski definition) is 7. The highest BCUT2D eigenvalue weighted by Gasteiger charge is 2.30. The highest BCUT2D eigenvalue weighted by molar-refractivity contribution is 5.85. The fourth-order valence-corrected chi connectivity index (χ4v) is 5.12. The van der Waals surface area contributed by atoms with Gasteiger partial charge in [0.2, 0.25) is 5.89 Å². The smallest absolute Gasteiger partial charge is 0.411 e. The Morgan fingerprint density at radius 3 is 2.59 bits per heavy atom. The molecule has 0 saturated carbocycles. The second kappa shape index (κ2) is 9.35. The molecule has 1 aliphatic heterocycles. The number of oxazole rings is 1. The fraction of sp³-hybridized carbons (Fsp3) is 0.214. The van der Waals surface area contributed by atoms with Crippen LogP contribution in [-0.4, -0.2) is 48.0 Å². The minimum atomic E-state index is -1.04. The molecular formula is C28H25N7O4. The summed E-state index contributed by atoms with van der Waals surface area (Å²) in [5.74, 6) is 1.11. The number of aromatic nitrogens is 6. The van der Waals surface area contributed by atoms with Crippen LogP contribution in [0.3, 0.4) is 0 Å². The Balaban J connectivity index is 1.35. The Morgan fingerprint density at radius 2 is 1.87 bits per heavy atom. The second-order valence-corrected chi connectivity index (χ2v) is 9.62. The lowest BCUT2D eigenvalue weighted by atomic mass is 10.0. The maximum atomic E-state index is 13.5. The van der Waals surface area contributed by atoms with E-state index in [2.05, 4.69) is 15.5 Å². The van der Waals surface area contributed by atoms with Gasteiger partial charge in [-0.05, 0) is 73.0 Å². The molecule has 11 nitrogen and oxygen atoms in total. The molecule has 11 heteroatoms. The van der Waals surface area contributed by atoms with Gasteiger partial charge in [-0.3, -0.25) is 9.69 Å². The van der Waals surface area contributed by atoms with Crippen LogP contribution in [0.2, 0.25) is 0 Å². The number of pyridine rings is 1. The van der Waals surface area contributed by atoms with Crippen molar-refractivity contribution in [2.24, 2.45) is 0 Å².